The summed E-state index contributed by atoms with van der Waals surface area (Å²) < 4.78 is 5.63. The molecule has 25 heavy (non-hydrogen) atoms. The molecule has 0 unspecified atom stereocenters. The molecule has 0 saturated carbocycles. The van der Waals surface area contributed by atoms with Crippen LogP contribution < -0.4 is 15.4 Å². The number of hydrogen-bond acceptors (Lipinski definition) is 4. The van der Waals surface area contributed by atoms with Gasteiger partial charge in [0.2, 0.25) is 11.8 Å². The number of para-hydroxylation sites is 2. The summed E-state index contributed by atoms with van der Waals surface area (Å²) in [6.45, 7) is 1.59. The van der Waals surface area contributed by atoms with Crippen molar-refractivity contribution in [3.05, 3.63) is 54.1 Å². The molecule has 0 fully saturated rings. The maximum absolute atomic E-state index is 12.3. The Morgan fingerprint density at radius 3 is 2.80 bits per heavy atom. The van der Waals surface area contributed by atoms with Gasteiger partial charge in [-0.05, 0) is 31.2 Å². The molecule has 6 heteroatoms. The molecule has 0 spiro atoms. The van der Waals surface area contributed by atoms with Gasteiger partial charge in [0.05, 0.1) is 11.6 Å². The molecule has 6 nitrogen and oxygen atoms in total. The average Bonchev–Trinajstić information content (AvgIpc) is 2.74. The van der Waals surface area contributed by atoms with Gasteiger partial charge >= 0.3 is 0 Å². The number of ketones is 1. The van der Waals surface area contributed by atoms with Crippen LogP contribution in [0, 0.1) is 5.92 Å². The normalized spacial score (nSPS) is 16.0. The van der Waals surface area contributed by atoms with E-state index in [1.807, 2.05) is 6.07 Å². The Hall–Kier alpha value is -3.15. The monoisotopic (exact) mass is 338 g/mol. The Morgan fingerprint density at radius 2 is 2.00 bits per heavy atom. The molecule has 128 valence electrons. The number of hydrogen-bond donors (Lipinski definition) is 2. The van der Waals surface area contributed by atoms with Gasteiger partial charge in [-0.2, -0.15) is 0 Å². The first-order valence-electron chi connectivity index (χ1n) is 7.96. The minimum atomic E-state index is -0.594. The second-order valence-corrected chi connectivity index (χ2v) is 5.88. The number of benzene rings is 2. The van der Waals surface area contributed by atoms with E-state index in [0.717, 1.165) is 0 Å². The summed E-state index contributed by atoms with van der Waals surface area (Å²) in [6.07, 6.45) is -0.00980. The van der Waals surface area contributed by atoms with Crippen molar-refractivity contribution in [2.24, 2.45) is 5.92 Å². The Kier molecular flexibility index (Phi) is 4.79. The maximum Gasteiger partial charge on any atom is 0.231 e. The van der Waals surface area contributed by atoms with Crippen molar-refractivity contribution >= 4 is 29.0 Å². The van der Waals surface area contributed by atoms with Crippen LogP contribution in [0.1, 0.15) is 23.7 Å². The van der Waals surface area contributed by atoms with Gasteiger partial charge in [-0.15, -0.1) is 0 Å². The Balaban J connectivity index is 1.64. The molecule has 2 amide bonds. The number of ether oxygens (including phenoxy) is 1. The second-order valence-electron chi connectivity index (χ2n) is 5.88. The first-order valence-corrected chi connectivity index (χ1v) is 7.96. The molecule has 0 aromatic heterocycles. The fourth-order valence-corrected chi connectivity index (χ4v) is 2.60. The summed E-state index contributed by atoms with van der Waals surface area (Å²) in [6, 6.07) is 13.8. The molecular weight excluding hydrogens is 320 g/mol. The number of nitrogens with one attached hydrogen (secondary N) is 2. The molecule has 0 saturated heterocycles. The molecule has 1 heterocycles. The van der Waals surface area contributed by atoms with E-state index in [-0.39, 0.29) is 30.6 Å². The van der Waals surface area contributed by atoms with Crippen LogP contribution in [0.25, 0.3) is 0 Å². The van der Waals surface area contributed by atoms with E-state index in [2.05, 4.69) is 10.6 Å². The van der Waals surface area contributed by atoms with Crippen molar-refractivity contribution in [2.75, 3.05) is 17.2 Å². The largest absolute Gasteiger partial charge is 0.491 e. The zero-order chi connectivity index (χ0) is 17.8. The van der Waals surface area contributed by atoms with Crippen LogP contribution in [0.2, 0.25) is 0 Å². The maximum atomic E-state index is 12.3. The van der Waals surface area contributed by atoms with E-state index in [1.165, 1.54) is 6.92 Å². The highest BCUT2D eigenvalue weighted by Crippen LogP contribution is 2.28. The summed E-state index contributed by atoms with van der Waals surface area (Å²) in [5, 5.41) is 5.50. The molecule has 0 aliphatic carbocycles. The van der Waals surface area contributed by atoms with Gasteiger partial charge in [-0.25, -0.2) is 0 Å². The van der Waals surface area contributed by atoms with Crippen molar-refractivity contribution in [3.63, 3.8) is 0 Å². The second kappa shape index (κ2) is 7.17. The SMILES string of the molecule is CC(=O)c1cccc(NC(=O)C[C@@H]2COc3ccccc3NC2=O)c1. The minimum Gasteiger partial charge on any atom is -0.491 e. The van der Waals surface area contributed by atoms with Crippen LogP contribution in [-0.2, 0) is 9.59 Å². The number of amides is 2. The molecule has 2 aromatic rings. The molecule has 0 radical (unpaired) electrons. The summed E-state index contributed by atoms with van der Waals surface area (Å²) in [5.41, 5.74) is 1.64. The first-order chi connectivity index (χ1) is 12.0. The predicted molar refractivity (Wildman–Crippen MR) is 93.7 cm³/mol. The van der Waals surface area contributed by atoms with Gasteiger partial charge in [-0.3, -0.25) is 14.4 Å². The lowest BCUT2D eigenvalue weighted by atomic mass is 10.0. The van der Waals surface area contributed by atoms with Gasteiger partial charge in [0.25, 0.3) is 0 Å². The van der Waals surface area contributed by atoms with Crippen LogP contribution in [0.3, 0.4) is 0 Å². The van der Waals surface area contributed by atoms with Crippen LogP contribution >= 0.6 is 0 Å². The summed E-state index contributed by atoms with van der Waals surface area (Å²) in [4.78, 5) is 36.0. The average molecular weight is 338 g/mol. The molecule has 1 atom stereocenters. The van der Waals surface area contributed by atoms with Gasteiger partial charge in [0, 0.05) is 17.7 Å². The highest BCUT2D eigenvalue weighted by molar-refractivity contribution is 6.00. The van der Waals surface area contributed by atoms with Gasteiger partial charge in [0.1, 0.15) is 12.4 Å². The molecule has 1 aliphatic heterocycles. The van der Waals surface area contributed by atoms with E-state index in [4.69, 9.17) is 4.74 Å². The lowest BCUT2D eigenvalue weighted by Crippen LogP contribution is -2.29. The van der Waals surface area contributed by atoms with E-state index in [9.17, 15) is 14.4 Å². The molecule has 0 bridgehead atoms. The van der Waals surface area contributed by atoms with Crippen LogP contribution in [-0.4, -0.2) is 24.2 Å². The highest BCUT2D eigenvalue weighted by Gasteiger charge is 2.27. The predicted octanol–water partition coefficient (Wildman–Crippen LogP) is 2.87. The number of carbonyl (C=O) groups excluding carboxylic acids is 3. The topological polar surface area (TPSA) is 84.5 Å². The van der Waals surface area contributed by atoms with Crippen LogP contribution in [0.5, 0.6) is 5.75 Å². The Labute approximate surface area is 145 Å². The fourth-order valence-electron chi connectivity index (χ4n) is 2.60. The molecule has 1 aliphatic rings. The zero-order valence-corrected chi connectivity index (χ0v) is 13.7. The molecule has 2 aromatic carbocycles. The van der Waals surface area contributed by atoms with E-state index >= 15 is 0 Å². The van der Waals surface area contributed by atoms with Crippen molar-refractivity contribution in [1.29, 1.82) is 0 Å². The van der Waals surface area contributed by atoms with E-state index < -0.39 is 5.92 Å². The van der Waals surface area contributed by atoms with E-state index in [1.54, 1.807) is 42.5 Å². The lowest BCUT2D eigenvalue weighted by Gasteiger charge is -2.13. The van der Waals surface area contributed by atoms with Crippen molar-refractivity contribution in [1.82, 2.24) is 0 Å². The summed E-state index contributed by atoms with van der Waals surface area (Å²) in [5.74, 6) is -0.644. The molecule has 2 N–H and O–H groups in total. The van der Waals surface area contributed by atoms with Crippen molar-refractivity contribution in [3.8, 4) is 5.75 Å². The first kappa shape index (κ1) is 16.7. The standard InChI is InChI=1S/C19H18N2O4/c1-12(22)13-5-4-6-15(9-13)20-18(23)10-14-11-25-17-8-3-2-7-16(17)21-19(14)24/h2-9,14H,10-11H2,1H3,(H,20,23)(H,21,24)/t14-/m1/s1. The summed E-state index contributed by atoms with van der Waals surface area (Å²) >= 11 is 0. The quantitative estimate of drug-likeness (QED) is 0.840. The van der Waals surface area contributed by atoms with Crippen molar-refractivity contribution in [2.45, 2.75) is 13.3 Å². The van der Waals surface area contributed by atoms with Crippen LogP contribution in [0.4, 0.5) is 11.4 Å². The summed E-state index contributed by atoms with van der Waals surface area (Å²) in [7, 11) is 0. The third kappa shape index (κ3) is 4.03. The van der Waals surface area contributed by atoms with Crippen molar-refractivity contribution < 1.29 is 19.1 Å². The van der Waals surface area contributed by atoms with Gasteiger partial charge < -0.3 is 15.4 Å². The third-order valence-electron chi connectivity index (χ3n) is 3.94. The smallest absolute Gasteiger partial charge is 0.231 e. The lowest BCUT2D eigenvalue weighted by molar-refractivity contribution is -0.125. The number of carbonyl (C=O) groups is 3. The molecule has 3 rings (SSSR count). The van der Waals surface area contributed by atoms with Gasteiger partial charge in [0.15, 0.2) is 5.78 Å². The zero-order valence-electron chi connectivity index (χ0n) is 13.7. The number of fused-ring (bicyclic) bond motifs is 1. The third-order valence-corrected chi connectivity index (χ3v) is 3.94. The Bertz CT molecular complexity index is 832. The number of rotatable bonds is 4. The highest BCUT2D eigenvalue weighted by atomic mass is 16.5. The minimum absolute atomic E-state index is 0.00980. The Morgan fingerprint density at radius 1 is 1.20 bits per heavy atom. The molecular formula is C19H18N2O4. The number of Topliss-reactive ketones (excluding diaryl/α,β-unsaturated/α-hetero) is 1. The number of anilines is 2. The van der Waals surface area contributed by atoms with E-state index in [0.29, 0.717) is 22.7 Å². The van der Waals surface area contributed by atoms with Gasteiger partial charge in [-0.1, -0.05) is 24.3 Å². The fraction of sp³-hybridized carbons (Fsp3) is 0.211. The van der Waals surface area contributed by atoms with Crippen LogP contribution in [0.15, 0.2) is 48.5 Å².